The van der Waals surface area contributed by atoms with E-state index in [9.17, 15) is 9.59 Å². The molecule has 28 heavy (non-hydrogen) atoms. The van der Waals surface area contributed by atoms with Crippen LogP contribution >= 0.6 is 0 Å². The number of allylic oxidation sites excluding steroid dienone is 1. The maximum atomic E-state index is 11.7. The van der Waals surface area contributed by atoms with Crippen molar-refractivity contribution in [3.05, 3.63) is 12.2 Å². The number of hydrogen-bond donors (Lipinski definition) is 0. The molecule has 0 rings (SSSR count). The van der Waals surface area contributed by atoms with Crippen LogP contribution in [0.25, 0.3) is 0 Å². The second-order valence-corrected chi connectivity index (χ2v) is 7.66. The van der Waals surface area contributed by atoms with Crippen molar-refractivity contribution < 1.29 is 19.1 Å². The van der Waals surface area contributed by atoms with Gasteiger partial charge in [0.1, 0.15) is 0 Å². The number of ether oxygens (including phenoxy) is 2. The van der Waals surface area contributed by atoms with E-state index in [1.165, 1.54) is 64.2 Å². The molecular formula is C24H44O4. The third-order valence-electron chi connectivity index (χ3n) is 4.93. The van der Waals surface area contributed by atoms with Crippen molar-refractivity contribution in [2.24, 2.45) is 0 Å². The number of carbonyl (C=O) groups excluding carboxylic acids is 2. The SMILES string of the molecule is C=C(CCC(=O)OCC)CCC(=O)OCCCCCCCCCCCCCC. The lowest BCUT2D eigenvalue weighted by Crippen LogP contribution is -2.07. The Morgan fingerprint density at radius 2 is 1.04 bits per heavy atom. The molecule has 0 aliphatic heterocycles. The molecule has 0 bridgehead atoms. The Balaban J connectivity index is 3.34. The molecule has 4 heteroatoms. The smallest absolute Gasteiger partial charge is 0.306 e. The van der Waals surface area contributed by atoms with Crippen LogP contribution < -0.4 is 0 Å². The highest BCUT2D eigenvalue weighted by Gasteiger charge is 2.07. The molecule has 164 valence electrons. The molecule has 4 nitrogen and oxygen atoms in total. The van der Waals surface area contributed by atoms with Crippen molar-refractivity contribution in [3.8, 4) is 0 Å². The zero-order valence-corrected chi connectivity index (χ0v) is 18.6. The average Bonchev–Trinajstić information content (AvgIpc) is 2.68. The van der Waals surface area contributed by atoms with Crippen molar-refractivity contribution in [3.63, 3.8) is 0 Å². The molecule has 0 aromatic heterocycles. The largest absolute Gasteiger partial charge is 0.466 e. The second kappa shape index (κ2) is 20.4. The van der Waals surface area contributed by atoms with Gasteiger partial charge in [0.25, 0.3) is 0 Å². The van der Waals surface area contributed by atoms with E-state index in [2.05, 4.69) is 13.5 Å². The van der Waals surface area contributed by atoms with Crippen LogP contribution in [0.5, 0.6) is 0 Å². The van der Waals surface area contributed by atoms with Crippen LogP contribution in [0, 0.1) is 0 Å². The minimum atomic E-state index is -0.210. The first-order chi connectivity index (χ1) is 13.6. The highest BCUT2D eigenvalue weighted by Crippen LogP contribution is 2.13. The van der Waals surface area contributed by atoms with Crippen LogP contribution in [0.2, 0.25) is 0 Å². The number of esters is 2. The topological polar surface area (TPSA) is 52.6 Å². The summed E-state index contributed by atoms with van der Waals surface area (Å²) in [5.74, 6) is -0.376. The summed E-state index contributed by atoms with van der Waals surface area (Å²) in [4.78, 5) is 23.0. The van der Waals surface area contributed by atoms with Gasteiger partial charge >= 0.3 is 11.9 Å². The van der Waals surface area contributed by atoms with Gasteiger partial charge in [-0.1, -0.05) is 89.7 Å². The quantitative estimate of drug-likeness (QED) is 0.127. The molecule has 0 N–H and O–H groups in total. The number of hydrogen-bond acceptors (Lipinski definition) is 4. The van der Waals surface area contributed by atoms with Crippen LogP contribution in [-0.4, -0.2) is 25.2 Å². The van der Waals surface area contributed by atoms with Crippen molar-refractivity contribution in [2.75, 3.05) is 13.2 Å². The highest BCUT2D eigenvalue weighted by atomic mass is 16.5. The molecule has 0 saturated carbocycles. The predicted molar refractivity (Wildman–Crippen MR) is 116 cm³/mol. The molecule has 0 saturated heterocycles. The van der Waals surface area contributed by atoms with E-state index in [4.69, 9.17) is 9.47 Å². The van der Waals surface area contributed by atoms with E-state index in [1.54, 1.807) is 6.92 Å². The lowest BCUT2D eigenvalue weighted by atomic mass is 10.1. The molecule has 0 aliphatic rings. The van der Waals surface area contributed by atoms with E-state index in [1.807, 2.05) is 0 Å². The highest BCUT2D eigenvalue weighted by molar-refractivity contribution is 5.70. The number of carbonyl (C=O) groups is 2. The van der Waals surface area contributed by atoms with E-state index in [-0.39, 0.29) is 11.9 Å². The number of unbranched alkanes of at least 4 members (excludes halogenated alkanes) is 11. The van der Waals surface area contributed by atoms with Gasteiger partial charge < -0.3 is 9.47 Å². The summed E-state index contributed by atoms with van der Waals surface area (Å²) in [6, 6.07) is 0. The van der Waals surface area contributed by atoms with Gasteiger partial charge in [0.05, 0.1) is 13.2 Å². The van der Waals surface area contributed by atoms with Crippen LogP contribution in [0.15, 0.2) is 12.2 Å². The Hall–Kier alpha value is -1.32. The Bertz CT molecular complexity index is 403. The lowest BCUT2D eigenvalue weighted by Gasteiger charge is -2.07. The fourth-order valence-corrected chi connectivity index (χ4v) is 3.12. The van der Waals surface area contributed by atoms with Gasteiger partial charge in [-0.25, -0.2) is 0 Å². The average molecular weight is 397 g/mol. The Morgan fingerprint density at radius 1 is 0.607 bits per heavy atom. The van der Waals surface area contributed by atoms with E-state index < -0.39 is 0 Å². The maximum absolute atomic E-state index is 11.7. The molecule has 0 atom stereocenters. The molecule has 0 unspecified atom stereocenters. The van der Waals surface area contributed by atoms with Crippen LogP contribution in [0.3, 0.4) is 0 Å². The molecule has 0 aromatic rings. The Labute approximate surface area is 173 Å². The summed E-state index contributed by atoms with van der Waals surface area (Å²) in [5, 5.41) is 0. The molecule has 0 amide bonds. The van der Waals surface area contributed by atoms with Crippen molar-refractivity contribution in [1.82, 2.24) is 0 Å². The van der Waals surface area contributed by atoms with Crippen LogP contribution in [0.1, 0.15) is 117 Å². The summed E-state index contributed by atoms with van der Waals surface area (Å²) in [7, 11) is 0. The van der Waals surface area contributed by atoms with E-state index in [0.29, 0.717) is 38.9 Å². The predicted octanol–water partition coefficient (Wildman–Crippen LogP) is 6.91. The maximum Gasteiger partial charge on any atom is 0.306 e. The second-order valence-electron chi connectivity index (χ2n) is 7.66. The summed E-state index contributed by atoms with van der Waals surface area (Å²) in [6.07, 6.45) is 17.4. The fraction of sp³-hybridized carbons (Fsp3) is 0.833. The zero-order valence-electron chi connectivity index (χ0n) is 18.6. The third kappa shape index (κ3) is 19.4. The summed E-state index contributed by atoms with van der Waals surface area (Å²) in [5.41, 5.74) is 0.898. The van der Waals surface area contributed by atoms with Gasteiger partial charge in [0.2, 0.25) is 0 Å². The van der Waals surface area contributed by atoms with Gasteiger partial charge in [0, 0.05) is 12.8 Å². The first-order valence-electron chi connectivity index (χ1n) is 11.6. The van der Waals surface area contributed by atoms with Crippen molar-refractivity contribution in [1.29, 1.82) is 0 Å². The molecule has 0 radical (unpaired) electrons. The third-order valence-corrected chi connectivity index (χ3v) is 4.93. The zero-order chi connectivity index (χ0) is 20.9. The number of rotatable bonds is 20. The normalized spacial score (nSPS) is 10.6. The summed E-state index contributed by atoms with van der Waals surface area (Å²) < 4.78 is 10.2. The van der Waals surface area contributed by atoms with Crippen molar-refractivity contribution in [2.45, 2.75) is 117 Å². The Kier molecular flexibility index (Phi) is 19.5. The molecule has 0 spiro atoms. The molecule has 0 aromatic carbocycles. The minimum absolute atomic E-state index is 0.166. The van der Waals surface area contributed by atoms with Gasteiger partial charge in [-0.2, -0.15) is 0 Å². The van der Waals surface area contributed by atoms with Gasteiger partial charge in [0.15, 0.2) is 0 Å². The summed E-state index contributed by atoms with van der Waals surface area (Å²) >= 11 is 0. The summed E-state index contributed by atoms with van der Waals surface area (Å²) in [6.45, 7) is 8.88. The van der Waals surface area contributed by atoms with E-state index >= 15 is 0 Å². The molecular weight excluding hydrogens is 352 g/mol. The molecule has 0 fully saturated rings. The van der Waals surface area contributed by atoms with Crippen molar-refractivity contribution >= 4 is 11.9 Å². The Morgan fingerprint density at radius 3 is 1.50 bits per heavy atom. The van der Waals surface area contributed by atoms with Gasteiger partial charge in [-0.3, -0.25) is 9.59 Å². The van der Waals surface area contributed by atoms with Gasteiger partial charge in [-0.15, -0.1) is 0 Å². The fourth-order valence-electron chi connectivity index (χ4n) is 3.12. The monoisotopic (exact) mass is 396 g/mol. The van der Waals surface area contributed by atoms with Crippen LogP contribution in [-0.2, 0) is 19.1 Å². The first-order valence-corrected chi connectivity index (χ1v) is 11.6. The minimum Gasteiger partial charge on any atom is -0.466 e. The molecule has 0 aliphatic carbocycles. The first kappa shape index (κ1) is 26.7. The van der Waals surface area contributed by atoms with Crippen LogP contribution in [0.4, 0.5) is 0 Å². The van der Waals surface area contributed by atoms with E-state index in [0.717, 1.165) is 18.4 Å². The molecule has 0 heterocycles. The lowest BCUT2D eigenvalue weighted by molar-refractivity contribution is -0.144. The van der Waals surface area contributed by atoms with Gasteiger partial charge in [-0.05, 0) is 26.2 Å². The standard InChI is InChI=1S/C24H44O4/c1-4-6-7-8-9-10-11-12-13-14-15-16-21-28-24(26)20-18-22(3)17-19-23(25)27-5-2/h3-21H2,1-2H3.